The van der Waals surface area contributed by atoms with Crippen LogP contribution in [0.25, 0.3) is 6.08 Å². The van der Waals surface area contributed by atoms with Crippen LogP contribution in [0.4, 0.5) is 5.69 Å². The van der Waals surface area contributed by atoms with Gasteiger partial charge in [0.25, 0.3) is 0 Å². The number of hydrogen-bond acceptors (Lipinski definition) is 4. The number of nitrogens with one attached hydrogen (secondary N) is 1. The van der Waals surface area contributed by atoms with Crippen LogP contribution in [0, 0.1) is 0 Å². The van der Waals surface area contributed by atoms with Gasteiger partial charge in [0, 0.05) is 17.5 Å². The zero-order chi connectivity index (χ0) is 17.4. The third-order valence-corrected chi connectivity index (χ3v) is 3.91. The van der Waals surface area contributed by atoms with Crippen LogP contribution in [0.3, 0.4) is 0 Å². The largest absolute Gasteiger partial charge is 0.465 e. The van der Waals surface area contributed by atoms with Gasteiger partial charge in [0.2, 0.25) is 5.91 Å². The van der Waals surface area contributed by atoms with Crippen LogP contribution in [0.5, 0.6) is 0 Å². The van der Waals surface area contributed by atoms with Crippen LogP contribution in [0.2, 0.25) is 0 Å². The average Bonchev–Trinajstić information content (AvgIpc) is 2.61. The Morgan fingerprint density at radius 3 is 2.33 bits per heavy atom. The van der Waals surface area contributed by atoms with Gasteiger partial charge < -0.3 is 10.1 Å². The van der Waals surface area contributed by atoms with E-state index < -0.39 is 0 Å². The zero-order valence-electron chi connectivity index (χ0n) is 13.6. The lowest BCUT2D eigenvalue weighted by atomic mass is 10.1. The molecule has 0 saturated carbocycles. The molecule has 0 heterocycles. The van der Waals surface area contributed by atoms with E-state index in [1.165, 1.54) is 18.7 Å². The Morgan fingerprint density at radius 2 is 1.75 bits per heavy atom. The highest BCUT2D eigenvalue weighted by Crippen LogP contribution is 2.14. The molecule has 0 aliphatic rings. The number of benzene rings is 2. The fourth-order valence-electron chi connectivity index (χ4n) is 2.05. The van der Waals surface area contributed by atoms with Crippen molar-refractivity contribution in [3.8, 4) is 0 Å². The third kappa shape index (κ3) is 5.28. The molecule has 0 fully saturated rings. The highest BCUT2D eigenvalue weighted by Gasteiger charge is 2.03. The van der Waals surface area contributed by atoms with Crippen molar-refractivity contribution in [1.82, 2.24) is 0 Å². The standard InChI is InChI=1S/C19H19NO3S/c1-23-19(22)16-8-3-14(4-9-16)7-12-18(21)20-17-10-5-15(6-11-17)13-24-2/h3-12H,13H2,1-2H3,(H,20,21)/b12-7+. The summed E-state index contributed by atoms with van der Waals surface area (Å²) in [6.07, 6.45) is 5.21. The van der Waals surface area contributed by atoms with Crippen LogP contribution in [-0.4, -0.2) is 25.2 Å². The van der Waals surface area contributed by atoms with Gasteiger partial charge in [-0.3, -0.25) is 4.79 Å². The third-order valence-electron chi connectivity index (χ3n) is 3.29. The molecule has 0 aliphatic heterocycles. The first-order valence-electron chi connectivity index (χ1n) is 7.37. The molecule has 24 heavy (non-hydrogen) atoms. The van der Waals surface area contributed by atoms with Crippen molar-refractivity contribution in [3.05, 3.63) is 71.3 Å². The molecule has 0 aromatic heterocycles. The molecule has 1 amide bonds. The molecular weight excluding hydrogens is 322 g/mol. The van der Waals surface area contributed by atoms with Crippen molar-refractivity contribution in [2.75, 3.05) is 18.7 Å². The number of carbonyl (C=O) groups excluding carboxylic acids is 2. The number of rotatable bonds is 6. The van der Waals surface area contributed by atoms with Crippen LogP contribution in [0.1, 0.15) is 21.5 Å². The van der Waals surface area contributed by atoms with Gasteiger partial charge in [-0.2, -0.15) is 11.8 Å². The maximum absolute atomic E-state index is 11.9. The van der Waals surface area contributed by atoms with Crippen molar-refractivity contribution in [2.45, 2.75) is 5.75 Å². The molecule has 0 atom stereocenters. The molecule has 124 valence electrons. The maximum Gasteiger partial charge on any atom is 0.337 e. The summed E-state index contributed by atoms with van der Waals surface area (Å²) in [7, 11) is 1.34. The normalized spacial score (nSPS) is 10.6. The predicted molar refractivity (Wildman–Crippen MR) is 99.1 cm³/mol. The SMILES string of the molecule is COC(=O)c1ccc(/C=C/C(=O)Nc2ccc(CSC)cc2)cc1. The summed E-state index contributed by atoms with van der Waals surface area (Å²) >= 11 is 1.76. The average molecular weight is 341 g/mol. The Kier molecular flexibility index (Phi) is 6.63. The maximum atomic E-state index is 11.9. The summed E-state index contributed by atoms with van der Waals surface area (Å²) in [6.45, 7) is 0. The highest BCUT2D eigenvalue weighted by atomic mass is 32.2. The van der Waals surface area contributed by atoms with E-state index in [1.807, 2.05) is 24.3 Å². The molecule has 2 aromatic rings. The number of carbonyl (C=O) groups is 2. The van der Waals surface area contributed by atoms with E-state index in [0.717, 1.165) is 17.0 Å². The predicted octanol–water partition coefficient (Wildman–Crippen LogP) is 3.99. The van der Waals surface area contributed by atoms with Gasteiger partial charge in [0.15, 0.2) is 0 Å². The molecular formula is C19H19NO3S. The molecule has 5 heteroatoms. The molecule has 0 aliphatic carbocycles. The highest BCUT2D eigenvalue weighted by molar-refractivity contribution is 7.97. The zero-order valence-corrected chi connectivity index (χ0v) is 14.4. The topological polar surface area (TPSA) is 55.4 Å². The minimum atomic E-state index is -0.381. The van der Waals surface area contributed by atoms with Crippen LogP contribution in [-0.2, 0) is 15.3 Å². The van der Waals surface area contributed by atoms with Gasteiger partial charge in [-0.15, -0.1) is 0 Å². The number of esters is 1. The second kappa shape index (κ2) is 8.93. The van der Waals surface area contributed by atoms with E-state index in [1.54, 1.807) is 42.1 Å². The Labute approximate surface area is 145 Å². The van der Waals surface area contributed by atoms with Crippen LogP contribution >= 0.6 is 11.8 Å². The summed E-state index contributed by atoms with van der Waals surface area (Å²) in [5.74, 6) is 0.369. The van der Waals surface area contributed by atoms with E-state index >= 15 is 0 Å². The van der Waals surface area contributed by atoms with E-state index in [0.29, 0.717) is 5.56 Å². The Hall–Kier alpha value is -2.53. The minimum absolute atomic E-state index is 0.204. The second-order valence-electron chi connectivity index (χ2n) is 5.07. The molecule has 0 unspecified atom stereocenters. The molecule has 0 radical (unpaired) electrons. The Balaban J connectivity index is 1.93. The summed E-state index contributed by atoms with van der Waals surface area (Å²) < 4.78 is 4.64. The lowest BCUT2D eigenvalue weighted by Crippen LogP contribution is -2.07. The lowest BCUT2D eigenvalue weighted by Gasteiger charge is -2.04. The molecule has 4 nitrogen and oxygen atoms in total. The number of methoxy groups -OCH3 is 1. The van der Waals surface area contributed by atoms with Crippen molar-refractivity contribution in [3.63, 3.8) is 0 Å². The number of anilines is 1. The van der Waals surface area contributed by atoms with Gasteiger partial charge in [0.1, 0.15) is 0 Å². The number of amides is 1. The Morgan fingerprint density at radius 1 is 1.08 bits per heavy atom. The first kappa shape index (κ1) is 17.8. The molecule has 2 rings (SSSR count). The quantitative estimate of drug-likeness (QED) is 0.638. The van der Waals surface area contributed by atoms with E-state index in [4.69, 9.17) is 0 Å². The molecule has 0 saturated heterocycles. The van der Waals surface area contributed by atoms with Crippen LogP contribution in [0.15, 0.2) is 54.6 Å². The smallest absolute Gasteiger partial charge is 0.337 e. The lowest BCUT2D eigenvalue weighted by molar-refractivity contribution is -0.111. The van der Waals surface area contributed by atoms with Gasteiger partial charge in [-0.25, -0.2) is 4.79 Å². The number of ether oxygens (including phenoxy) is 1. The fraction of sp³-hybridized carbons (Fsp3) is 0.158. The molecule has 2 aromatic carbocycles. The fourth-order valence-corrected chi connectivity index (χ4v) is 2.58. The van der Waals surface area contributed by atoms with Crippen LogP contribution < -0.4 is 5.32 Å². The van der Waals surface area contributed by atoms with Crippen molar-refractivity contribution >= 4 is 35.4 Å². The van der Waals surface area contributed by atoms with Gasteiger partial charge in [-0.05, 0) is 47.7 Å². The summed E-state index contributed by atoms with van der Waals surface area (Å²) in [6, 6.07) is 14.6. The first-order chi connectivity index (χ1) is 11.6. The summed E-state index contributed by atoms with van der Waals surface area (Å²) in [4.78, 5) is 23.3. The van der Waals surface area contributed by atoms with E-state index in [2.05, 4.69) is 16.3 Å². The first-order valence-corrected chi connectivity index (χ1v) is 8.77. The van der Waals surface area contributed by atoms with E-state index in [-0.39, 0.29) is 11.9 Å². The molecule has 0 spiro atoms. The Bertz CT molecular complexity index is 721. The molecule has 0 bridgehead atoms. The number of hydrogen-bond donors (Lipinski definition) is 1. The second-order valence-corrected chi connectivity index (χ2v) is 5.93. The van der Waals surface area contributed by atoms with Crippen molar-refractivity contribution in [1.29, 1.82) is 0 Å². The van der Waals surface area contributed by atoms with Crippen molar-refractivity contribution < 1.29 is 14.3 Å². The van der Waals surface area contributed by atoms with Crippen molar-refractivity contribution in [2.24, 2.45) is 0 Å². The summed E-state index contributed by atoms with van der Waals surface area (Å²) in [5, 5.41) is 2.81. The van der Waals surface area contributed by atoms with E-state index in [9.17, 15) is 9.59 Å². The van der Waals surface area contributed by atoms with Gasteiger partial charge >= 0.3 is 5.97 Å². The van der Waals surface area contributed by atoms with Gasteiger partial charge in [0.05, 0.1) is 12.7 Å². The minimum Gasteiger partial charge on any atom is -0.465 e. The molecule has 1 N–H and O–H groups in total. The summed E-state index contributed by atoms with van der Waals surface area (Å²) in [5.41, 5.74) is 3.29. The number of thioether (sulfide) groups is 1. The monoisotopic (exact) mass is 341 g/mol. The van der Waals surface area contributed by atoms with Gasteiger partial charge in [-0.1, -0.05) is 24.3 Å².